The fraction of sp³-hybridized carbons (Fsp3) is 0.696. The summed E-state index contributed by atoms with van der Waals surface area (Å²) in [6.45, 7) is 14.8. The molecule has 0 aliphatic carbocycles. The largest absolute Gasteiger partial charge is 0.492 e. The van der Waals surface area contributed by atoms with Gasteiger partial charge in [-0.2, -0.15) is 0 Å². The second-order valence-electron chi connectivity index (χ2n) is 8.64. The highest BCUT2D eigenvalue weighted by molar-refractivity contribution is 14.0. The smallest absolute Gasteiger partial charge is 0.191 e. The molecule has 1 aromatic rings. The van der Waals surface area contributed by atoms with Crippen LogP contribution in [0.15, 0.2) is 29.3 Å². The van der Waals surface area contributed by atoms with Crippen molar-refractivity contribution in [2.24, 2.45) is 4.99 Å². The maximum Gasteiger partial charge on any atom is 0.191 e. The highest BCUT2D eigenvalue weighted by Crippen LogP contribution is 2.15. The van der Waals surface area contributed by atoms with Gasteiger partial charge in [0.2, 0.25) is 0 Å². The molecule has 0 radical (unpaired) electrons. The van der Waals surface area contributed by atoms with Crippen molar-refractivity contribution in [3.63, 3.8) is 0 Å². The Morgan fingerprint density at radius 1 is 1.06 bits per heavy atom. The Kier molecular flexibility index (Phi) is 12.0. The number of hydrogen-bond donors (Lipinski definition) is 2. The first kappa shape index (κ1) is 27.1. The van der Waals surface area contributed by atoms with Crippen molar-refractivity contribution in [3.05, 3.63) is 29.8 Å². The molecule has 32 heavy (non-hydrogen) atoms. The normalized spacial score (nSPS) is 18.7. The zero-order valence-electron chi connectivity index (χ0n) is 19.8. The molecule has 0 bridgehead atoms. The van der Waals surface area contributed by atoms with Crippen molar-refractivity contribution in [1.82, 2.24) is 20.4 Å². The lowest BCUT2D eigenvalue weighted by atomic mass is 10.0. The highest BCUT2D eigenvalue weighted by atomic mass is 127. The van der Waals surface area contributed by atoms with Gasteiger partial charge >= 0.3 is 0 Å². The van der Waals surface area contributed by atoms with E-state index in [-0.39, 0.29) is 29.5 Å². The minimum absolute atomic E-state index is 0. The van der Waals surface area contributed by atoms with Crippen molar-refractivity contribution in [2.75, 3.05) is 79.4 Å². The molecule has 0 unspecified atom stereocenters. The highest BCUT2D eigenvalue weighted by Gasteiger charge is 2.28. The third-order valence-corrected chi connectivity index (χ3v) is 5.92. The van der Waals surface area contributed by atoms with Crippen LogP contribution in [-0.2, 0) is 16.0 Å². The third kappa shape index (κ3) is 9.01. The van der Waals surface area contributed by atoms with E-state index in [1.807, 2.05) is 19.2 Å². The number of aliphatic imine (C=N–C) groups is 1. The average molecular weight is 562 g/mol. The van der Waals surface area contributed by atoms with Crippen LogP contribution in [0.5, 0.6) is 5.75 Å². The van der Waals surface area contributed by atoms with Gasteiger partial charge in [0.1, 0.15) is 12.4 Å². The molecule has 2 aliphatic rings. The Hall–Kier alpha value is -1.14. The molecule has 2 saturated heterocycles. The molecule has 9 heteroatoms. The molecule has 0 amide bonds. The maximum atomic E-state index is 5.97. The topological polar surface area (TPSA) is 70.6 Å². The number of nitrogens with one attached hydrogen (secondary N) is 2. The van der Waals surface area contributed by atoms with Gasteiger partial charge in [-0.25, -0.2) is 0 Å². The van der Waals surface area contributed by atoms with E-state index in [2.05, 4.69) is 51.4 Å². The third-order valence-electron chi connectivity index (χ3n) is 5.92. The molecular weight excluding hydrogens is 521 g/mol. The lowest BCUT2D eigenvalue weighted by Crippen LogP contribution is -2.56. The molecule has 2 aliphatic heterocycles. The molecule has 0 spiro atoms. The van der Waals surface area contributed by atoms with Crippen molar-refractivity contribution in [1.29, 1.82) is 0 Å². The van der Waals surface area contributed by atoms with Crippen molar-refractivity contribution >= 4 is 29.9 Å². The Morgan fingerprint density at radius 2 is 1.75 bits per heavy atom. The number of ether oxygens (including phenoxy) is 3. The van der Waals surface area contributed by atoms with E-state index in [0.29, 0.717) is 13.2 Å². The molecule has 3 rings (SSSR count). The van der Waals surface area contributed by atoms with Crippen LogP contribution in [0, 0.1) is 0 Å². The van der Waals surface area contributed by atoms with Gasteiger partial charge in [-0.1, -0.05) is 12.1 Å². The van der Waals surface area contributed by atoms with E-state index in [1.54, 1.807) is 0 Å². The second-order valence-corrected chi connectivity index (χ2v) is 8.64. The summed E-state index contributed by atoms with van der Waals surface area (Å²) in [6, 6.07) is 8.25. The summed E-state index contributed by atoms with van der Waals surface area (Å²) in [4.78, 5) is 9.22. The minimum Gasteiger partial charge on any atom is -0.492 e. The summed E-state index contributed by atoms with van der Waals surface area (Å²) in [5.74, 6) is 1.71. The zero-order valence-corrected chi connectivity index (χ0v) is 22.1. The Bertz CT molecular complexity index is 692. The van der Waals surface area contributed by atoms with Gasteiger partial charge in [0.25, 0.3) is 0 Å². The first-order chi connectivity index (χ1) is 15.1. The second kappa shape index (κ2) is 14.2. The van der Waals surface area contributed by atoms with E-state index in [4.69, 9.17) is 14.2 Å². The number of halogens is 1. The van der Waals surface area contributed by atoms with Crippen LogP contribution in [0.3, 0.4) is 0 Å². The van der Waals surface area contributed by atoms with Gasteiger partial charge in [-0.3, -0.25) is 14.8 Å². The quantitative estimate of drug-likeness (QED) is 0.271. The molecule has 2 heterocycles. The van der Waals surface area contributed by atoms with Gasteiger partial charge in [-0.15, -0.1) is 24.0 Å². The van der Waals surface area contributed by atoms with Crippen LogP contribution in [-0.4, -0.2) is 101 Å². The Labute approximate surface area is 210 Å². The first-order valence-electron chi connectivity index (χ1n) is 11.4. The Morgan fingerprint density at radius 3 is 2.44 bits per heavy atom. The fourth-order valence-corrected chi connectivity index (χ4v) is 3.85. The lowest BCUT2D eigenvalue weighted by molar-refractivity contribution is -0.00834. The number of nitrogens with zero attached hydrogens (tertiary/aromatic N) is 3. The molecule has 8 nitrogen and oxygen atoms in total. The van der Waals surface area contributed by atoms with Crippen LogP contribution in [0.4, 0.5) is 0 Å². The molecule has 1 aromatic carbocycles. The van der Waals surface area contributed by atoms with Gasteiger partial charge in [0, 0.05) is 58.4 Å². The number of hydrogen-bond acceptors (Lipinski definition) is 6. The predicted molar refractivity (Wildman–Crippen MR) is 139 cm³/mol. The number of guanidine groups is 1. The van der Waals surface area contributed by atoms with Gasteiger partial charge in [0.05, 0.1) is 26.4 Å². The van der Waals surface area contributed by atoms with Crippen LogP contribution in [0.2, 0.25) is 0 Å². The minimum atomic E-state index is 0. The van der Waals surface area contributed by atoms with Gasteiger partial charge < -0.3 is 24.8 Å². The SMILES string of the molecule is CN=C(NCc1cccc(OCCN2CCOCC2)c1)NCC(C)(C)N1CCOCC1.I. The summed E-state index contributed by atoms with van der Waals surface area (Å²) >= 11 is 0. The molecule has 0 aromatic heterocycles. The molecule has 2 N–H and O–H groups in total. The lowest BCUT2D eigenvalue weighted by Gasteiger charge is -2.41. The van der Waals surface area contributed by atoms with Crippen LogP contribution in [0.25, 0.3) is 0 Å². The summed E-state index contributed by atoms with van der Waals surface area (Å²) in [5.41, 5.74) is 1.20. The monoisotopic (exact) mass is 561 g/mol. The van der Waals surface area contributed by atoms with Gasteiger partial charge in [-0.05, 0) is 31.5 Å². The number of morpholine rings is 2. The number of rotatable bonds is 9. The van der Waals surface area contributed by atoms with E-state index in [0.717, 1.165) is 77.4 Å². The summed E-state index contributed by atoms with van der Waals surface area (Å²) in [7, 11) is 1.81. The van der Waals surface area contributed by atoms with Crippen LogP contribution in [0.1, 0.15) is 19.4 Å². The molecule has 0 saturated carbocycles. The van der Waals surface area contributed by atoms with Crippen LogP contribution < -0.4 is 15.4 Å². The molecule has 182 valence electrons. The maximum absolute atomic E-state index is 5.97. The molecular formula is C23H40IN5O3. The molecule has 0 atom stereocenters. The van der Waals surface area contributed by atoms with E-state index < -0.39 is 0 Å². The summed E-state index contributed by atoms with van der Waals surface area (Å²) < 4.78 is 16.8. The molecule has 2 fully saturated rings. The number of benzene rings is 1. The summed E-state index contributed by atoms with van der Waals surface area (Å²) in [6.07, 6.45) is 0. The van der Waals surface area contributed by atoms with Crippen molar-refractivity contribution in [2.45, 2.75) is 25.9 Å². The van der Waals surface area contributed by atoms with Crippen molar-refractivity contribution in [3.8, 4) is 5.75 Å². The first-order valence-corrected chi connectivity index (χ1v) is 11.4. The standard InChI is InChI=1S/C23H39N5O3.HI/c1-23(2,28-10-14-30-15-11-28)19-26-22(24-3)25-18-20-5-4-6-21(17-20)31-16-9-27-7-12-29-13-8-27;/h4-6,17H,7-16,18-19H2,1-3H3,(H2,24,25,26);1H. The van der Waals surface area contributed by atoms with Gasteiger partial charge in [0.15, 0.2) is 5.96 Å². The predicted octanol–water partition coefficient (Wildman–Crippen LogP) is 1.79. The zero-order chi connectivity index (χ0) is 21.9. The van der Waals surface area contributed by atoms with E-state index in [9.17, 15) is 0 Å². The average Bonchev–Trinajstić information content (AvgIpc) is 2.81. The summed E-state index contributed by atoms with van der Waals surface area (Å²) in [5, 5.41) is 6.89. The Balaban J connectivity index is 0.00000363. The van der Waals surface area contributed by atoms with Crippen LogP contribution >= 0.6 is 24.0 Å². The van der Waals surface area contributed by atoms with Crippen molar-refractivity contribution < 1.29 is 14.2 Å². The van der Waals surface area contributed by atoms with E-state index >= 15 is 0 Å². The van der Waals surface area contributed by atoms with E-state index in [1.165, 1.54) is 5.56 Å². The fourth-order valence-electron chi connectivity index (χ4n) is 3.85.